The summed E-state index contributed by atoms with van der Waals surface area (Å²) in [4.78, 5) is 26.1. The number of alkyl halides is 6. The predicted molar refractivity (Wildman–Crippen MR) is 115 cm³/mol. The van der Waals surface area contributed by atoms with E-state index >= 15 is 0 Å². The third-order valence-corrected chi connectivity index (χ3v) is 7.23. The van der Waals surface area contributed by atoms with Crippen LogP contribution in [-0.2, 0) is 28.2 Å². The number of fused-ring (bicyclic) bond motifs is 1. The summed E-state index contributed by atoms with van der Waals surface area (Å²) in [5.41, 5.74) is -6.07. The zero-order valence-corrected chi connectivity index (χ0v) is 19.9. The third kappa shape index (κ3) is 4.20. The van der Waals surface area contributed by atoms with Crippen LogP contribution in [0.5, 0.6) is 5.75 Å². The molecule has 3 aliphatic rings. The molecule has 4 rings (SSSR count). The van der Waals surface area contributed by atoms with Crippen LogP contribution < -0.4 is 10.1 Å². The smallest absolute Gasteiger partial charge is 0.430 e. The van der Waals surface area contributed by atoms with E-state index in [1.165, 1.54) is 4.90 Å². The molecular weight excluding hydrogens is 494 g/mol. The zero-order valence-electron chi connectivity index (χ0n) is 19.9. The number of rotatable bonds is 9. The molecule has 2 aliphatic heterocycles. The van der Waals surface area contributed by atoms with Crippen molar-refractivity contribution in [3.8, 4) is 5.75 Å². The minimum absolute atomic E-state index is 0.115. The maximum atomic E-state index is 13.6. The van der Waals surface area contributed by atoms with E-state index in [-0.39, 0.29) is 48.3 Å². The molecular formula is C24H28F6N2O4. The minimum Gasteiger partial charge on any atom is -0.493 e. The molecule has 1 saturated carbocycles. The standard InChI is InChI=1S/C24H28F6N2O4/c1-3-6-15-16-13-36-22(23(25,26)27,24(28,29)30)17(16)9-10-18(15)35-12-5-4-11-32-19(33)21(2,14-7-8-14)31-20(32)34/h9-10,14H,3-8,11-13H2,1-2H3,(H,31,34). The SMILES string of the molecule is CCCc1c(OCCCCN2C(=O)NC(C)(C3CC3)C2=O)ccc2c1COC2(C(F)(F)F)C(F)(F)F. The molecule has 2 heterocycles. The van der Waals surface area contributed by atoms with Gasteiger partial charge in [-0.1, -0.05) is 19.4 Å². The Hall–Kier alpha value is -2.50. The second kappa shape index (κ2) is 9.11. The van der Waals surface area contributed by atoms with Gasteiger partial charge in [-0.25, -0.2) is 4.79 Å². The average Bonchev–Trinajstić information content (AvgIpc) is 3.51. The van der Waals surface area contributed by atoms with Crippen LogP contribution in [0.2, 0.25) is 0 Å². The summed E-state index contributed by atoms with van der Waals surface area (Å²) in [6.07, 6.45) is -8.03. The fourth-order valence-electron chi connectivity index (χ4n) is 5.12. The maximum absolute atomic E-state index is 13.6. The Labute approximate surface area is 204 Å². The van der Waals surface area contributed by atoms with Gasteiger partial charge in [0.05, 0.1) is 13.2 Å². The van der Waals surface area contributed by atoms with Crippen molar-refractivity contribution in [3.63, 3.8) is 0 Å². The summed E-state index contributed by atoms with van der Waals surface area (Å²) in [5, 5.41) is 2.77. The van der Waals surface area contributed by atoms with Crippen molar-refractivity contribution in [2.75, 3.05) is 13.2 Å². The van der Waals surface area contributed by atoms with Crippen molar-refractivity contribution in [2.45, 2.75) is 82.5 Å². The predicted octanol–water partition coefficient (Wildman–Crippen LogP) is 5.37. The van der Waals surface area contributed by atoms with Crippen LogP contribution in [0.4, 0.5) is 31.1 Å². The highest BCUT2D eigenvalue weighted by molar-refractivity contribution is 6.07. The van der Waals surface area contributed by atoms with Crippen LogP contribution in [0, 0.1) is 5.92 Å². The largest absolute Gasteiger partial charge is 0.493 e. The number of nitrogens with one attached hydrogen (secondary N) is 1. The van der Waals surface area contributed by atoms with Gasteiger partial charge in [-0.3, -0.25) is 9.69 Å². The normalized spacial score (nSPS) is 23.7. The van der Waals surface area contributed by atoms with E-state index in [2.05, 4.69) is 10.1 Å². The Morgan fingerprint density at radius 2 is 1.78 bits per heavy atom. The molecule has 0 spiro atoms. The molecule has 0 bridgehead atoms. The maximum Gasteiger partial charge on any atom is 0.430 e. The van der Waals surface area contributed by atoms with Crippen molar-refractivity contribution >= 4 is 11.9 Å². The molecule has 0 radical (unpaired) electrons. The van der Waals surface area contributed by atoms with E-state index in [9.17, 15) is 35.9 Å². The molecule has 1 saturated heterocycles. The first-order valence-corrected chi connectivity index (χ1v) is 12.0. The average molecular weight is 522 g/mol. The van der Waals surface area contributed by atoms with E-state index in [0.29, 0.717) is 19.3 Å². The first-order chi connectivity index (χ1) is 16.8. The van der Waals surface area contributed by atoms with Crippen LogP contribution in [0.25, 0.3) is 0 Å². The van der Waals surface area contributed by atoms with Crippen molar-refractivity contribution < 1.29 is 45.4 Å². The monoisotopic (exact) mass is 522 g/mol. The number of unbranched alkanes of at least 4 members (excludes halogenated alkanes) is 1. The molecule has 1 aliphatic carbocycles. The minimum atomic E-state index is -5.68. The van der Waals surface area contributed by atoms with Crippen LogP contribution in [-0.4, -0.2) is 47.9 Å². The molecule has 12 heteroatoms. The third-order valence-electron chi connectivity index (χ3n) is 7.23. The number of hydrogen-bond acceptors (Lipinski definition) is 4. The van der Waals surface area contributed by atoms with Crippen LogP contribution in [0.15, 0.2) is 12.1 Å². The van der Waals surface area contributed by atoms with Crippen molar-refractivity contribution in [2.24, 2.45) is 5.92 Å². The molecule has 6 nitrogen and oxygen atoms in total. The van der Waals surface area contributed by atoms with Crippen molar-refractivity contribution in [1.82, 2.24) is 10.2 Å². The summed E-state index contributed by atoms with van der Waals surface area (Å²) < 4.78 is 92.1. The highest BCUT2D eigenvalue weighted by atomic mass is 19.4. The molecule has 1 N–H and O–H groups in total. The molecule has 1 unspecified atom stereocenters. The van der Waals surface area contributed by atoms with Gasteiger partial charge < -0.3 is 14.8 Å². The first kappa shape index (κ1) is 26.6. The number of amides is 3. The number of urea groups is 1. The summed E-state index contributed by atoms with van der Waals surface area (Å²) in [6.45, 7) is 2.96. The molecule has 1 aromatic rings. The number of ether oxygens (including phenoxy) is 2. The number of hydrogen-bond donors (Lipinski definition) is 1. The summed E-state index contributed by atoms with van der Waals surface area (Å²) in [6, 6.07) is 1.48. The molecule has 3 amide bonds. The Bertz CT molecular complexity index is 1020. The first-order valence-electron chi connectivity index (χ1n) is 12.0. The number of imide groups is 1. The molecule has 1 atom stereocenters. The molecule has 2 fully saturated rings. The number of halogens is 6. The van der Waals surface area contributed by atoms with Gasteiger partial charge in [0.2, 0.25) is 0 Å². The van der Waals surface area contributed by atoms with E-state index in [1.54, 1.807) is 13.8 Å². The van der Waals surface area contributed by atoms with Crippen LogP contribution in [0.3, 0.4) is 0 Å². The van der Waals surface area contributed by atoms with Crippen molar-refractivity contribution in [1.29, 1.82) is 0 Å². The lowest BCUT2D eigenvalue weighted by Gasteiger charge is -2.33. The zero-order chi connectivity index (χ0) is 26.5. The van der Waals surface area contributed by atoms with Gasteiger partial charge >= 0.3 is 18.4 Å². The van der Waals surface area contributed by atoms with E-state index in [0.717, 1.165) is 25.0 Å². The summed E-state index contributed by atoms with van der Waals surface area (Å²) in [7, 11) is 0. The van der Waals surface area contributed by atoms with E-state index in [4.69, 9.17) is 4.74 Å². The van der Waals surface area contributed by atoms with Crippen molar-refractivity contribution in [3.05, 3.63) is 28.8 Å². The molecule has 200 valence electrons. The lowest BCUT2D eigenvalue weighted by atomic mass is 9.87. The highest BCUT2D eigenvalue weighted by Crippen LogP contribution is 2.58. The molecule has 36 heavy (non-hydrogen) atoms. The van der Waals surface area contributed by atoms with Crippen LogP contribution in [0.1, 0.15) is 62.6 Å². The summed E-state index contributed by atoms with van der Waals surface area (Å²) >= 11 is 0. The van der Waals surface area contributed by atoms with Gasteiger partial charge in [-0.15, -0.1) is 0 Å². The van der Waals surface area contributed by atoms with Gasteiger partial charge in [-0.05, 0) is 56.6 Å². The second-order valence-electron chi connectivity index (χ2n) is 9.70. The molecule has 0 aromatic heterocycles. The number of carbonyl (C=O) groups excluding carboxylic acids is 2. The van der Waals surface area contributed by atoms with Gasteiger partial charge in [0.25, 0.3) is 11.5 Å². The Morgan fingerprint density at radius 3 is 2.36 bits per heavy atom. The molecule has 1 aromatic carbocycles. The number of nitrogens with zero attached hydrogens (tertiary/aromatic N) is 1. The number of carbonyl (C=O) groups is 2. The van der Waals surface area contributed by atoms with Gasteiger partial charge in [0, 0.05) is 17.7 Å². The van der Waals surface area contributed by atoms with Gasteiger partial charge in [0.15, 0.2) is 0 Å². The van der Waals surface area contributed by atoms with Gasteiger partial charge in [-0.2, -0.15) is 26.3 Å². The van der Waals surface area contributed by atoms with Crippen LogP contribution >= 0.6 is 0 Å². The van der Waals surface area contributed by atoms with E-state index < -0.39 is 41.7 Å². The summed E-state index contributed by atoms with van der Waals surface area (Å²) in [5.74, 6) is 0.102. The Morgan fingerprint density at radius 1 is 1.11 bits per heavy atom. The second-order valence-corrected chi connectivity index (χ2v) is 9.70. The topological polar surface area (TPSA) is 67.9 Å². The van der Waals surface area contributed by atoms with E-state index in [1.807, 2.05) is 0 Å². The quantitative estimate of drug-likeness (QED) is 0.269. The lowest BCUT2D eigenvalue weighted by Crippen LogP contribution is -2.53. The number of benzene rings is 1. The fraction of sp³-hybridized carbons (Fsp3) is 0.667. The fourth-order valence-corrected chi connectivity index (χ4v) is 5.12. The highest BCUT2D eigenvalue weighted by Gasteiger charge is 2.75. The Kier molecular flexibility index (Phi) is 6.72. The van der Waals surface area contributed by atoms with Gasteiger partial charge in [0.1, 0.15) is 11.3 Å². The lowest BCUT2D eigenvalue weighted by molar-refractivity contribution is -0.385. The Balaban J connectivity index is 1.42.